The Balaban J connectivity index is 1.56. The highest BCUT2D eigenvalue weighted by Crippen LogP contribution is 2.26. The largest absolute Gasteiger partial charge is 0.465 e. The van der Waals surface area contributed by atoms with Crippen LogP contribution in [0.3, 0.4) is 0 Å². The molecule has 6 nitrogen and oxygen atoms in total. The van der Waals surface area contributed by atoms with Crippen molar-refractivity contribution < 1.29 is 13.6 Å². The number of likely N-dealkylation sites (tertiary alicyclic amines) is 1. The van der Waals surface area contributed by atoms with Gasteiger partial charge in [0.1, 0.15) is 17.1 Å². The van der Waals surface area contributed by atoms with E-state index in [2.05, 4.69) is 10.2 Å². The minimum atomic E-state index is -0.424. The standard InChI is InChI=1S/C23H25ClN2O4/c1-14-10-21-16(11-17(14)24)19(27)12-22(30-21)23(28)25-13-18(20-7-6-15(2)29-20)26-8-4-3-5-9-26/h6-7,10-12,18H,3-5,8-9,13H2,1-2H3,(H,25,28). The quantitative estimate of drug-likeness (QED) is 0.642. The van der Waals surface area contributed by atoms with Crippen LogP contribution in [0.25, 0.3) is 11.0 Å². The SMILES string of the molecule is Cc1ccc(C(CNC(=O)c2cc(=O)c3cc(Cl)c(C)cc3o2)N2CCCCC2)o1. The minimum absolute atomic E-state index is 0.0118. The van der Waals surface area contributed by atoms with Gasteiger partial charge in [0.15, 0.2) is 11.2 Å². The van der Waals surface area contributed by atoms with E-state index in [1.807, 2.05) is 26.0 Å². The third kappa shape index (κ3) is 4.30. The lowest BCUT2D eigenvalue weighted by Gasteiger charge is -2.33. The Labute approximate surface area is 179 Å². The second kappa shape index (κ2) is 8.66. The topological polar surface area (TPSA) is 75.7 Å². The average Bonchev–Trinajstić information content (AvgIpc) is 3.16. The van der Waals surface area contributed by atoms with E-state index in [9.17, 15) is 9.59 Å². The van der Waals surface area contributed by atoms with Gasteiger partial charge in [-0.15, -0.1) is 0 Å². The number of furan rings is 1. The molecule has 0 saturated carbocycles. The third-order valence-corrected chi connectivity index (χ3v) is 6.02. The lowest BCUT2D eigenvalue weighted by molar-refractivity contribution is 0.0887. The van der Waals surface area contributed by atoms with E-state index < -0.39 is 5.91 Å². The summed E-state index contributed by atoms with van der Waals surface area (Å²) in [6.45, 7) is 6.03. The Kier molecular flexibility index (Phi) is 5.97. The number of fused-ring (bicyclic) bond motifs is 1. The van der Waals surface area contributed by atoms with E-state index in [-0.39, 0.29) is 17.2 Å². The van der Waals surface area contributed by atoms with E-state index in [1.54, 1.807) is 12.1 Å². The Morgan fingerprint density at radius 2 is 1.90 bits per heavy atom. The summed E-state index contributed by atoms with van der Waals surface area (Å²) in [6.07, 6.45) is 3.48. The number of nitrogens with one attached hydrogen (secondary N) is 1. The zero-order valence-corrected chi connectivity index (χ0v) is 17.9. The van der Waals surface area contributed by atoms with Gasteiger partial charge in [0.05, 0.1) is 11.4 Å². The first kappa shape index (κ1) is 20.7. The van der Waals surface area contributed by atoms with Gasteiger partial charge in [-0.05, 0) is 69.6 Å². The number of hydrogen-bond donors (Lipinski definition) is 1. The Morgan fingerprint density at radius 3 is 2.60 bits per heavy atom. The van der Waals surface area contributed by atoms with Gasteiger partial charge in [0.25, 0.3) is 5.91 Å². The molecule has 2 aromatic heterocycles. The number of amides is 1. The van der Waals surface area contributed by atoms with Crippen molar-refractivity contribution in [1.29, 1.82) is 0 Å². The monoisotopic (exact) mass is 428 g/mol. The van der Waals surface area contributed by atoms with Crippen molar-refractivity contribution >= 4 is 28.5 Å². The van der Waals surface area contributed by atoms with Gasteiger partial charge < -0.3 is 14.2 Å². The van der Waals surface area contributed by atoms with Crippen molar-refractivity contribution in [2.24, 2.45) is 0 Å². The Hall–Kier alpha value is -2.57. The number of carbonyl (C=O) groups excluding carboxylic acids is 1. The molecule has 4 rings (SSSR count). The van der Waals surface area contributed by atoms with Gasteiger partial charge in [-0.2, -0.15) is 0 Å². The molecule has 1 fully saturated rings. The molecule has 1 atom stereocenters. The molecule has 1 unspecified atom stereocenters. The normalized spacial score (nSPS) is 16.0. The van der Waals surface area contributed by atoms with Crippen molar-refractivity contribution in [3.8, 4) is 0 Å². The lowest BCUT2D eigenvalue weighted by Crippen LogP contribution is -2.40. The van der Waals surface area contributed by atoms with Crippen molar-refractivity contribution in [2.45, 2.75) is 39.2 Å². The number of piperidine rings is 1. The van der Waals surface area contributed by atoms with Gasteiger partial charge in [-0.1, -0.05) is 18.0 Å². The highest BCUT2D eigenvalue weighted by molar-refractivity contribution is 6.32. The zero-order chi connectivity index (χ0) is 21.3. The summed E-state index contributed by atoms with van der Waals surface area (Å²) in [6, 6.07) is 8.31. The lowest BCUT2D eigenvalue weighted by atomic mass is 10.1. The van der Waals surface area contributed by atoms with E-state index in [0.29, 0.717) is 22.5 Å². The molecule has 7 heteroatoms. The third-order valence-electron chi connectivity index (χ3n) is 5.61. The number of carbonyl (C=O) groups is 1. The fraction of sp³-hybridized carbons (Fsp3) is 0.391. The maximum atomic E-state index is 12.8. The van der Waals surface area contributed by atoms with E-state index in [0.717, 1.165) is 43.0 Å². The van der Waals surface area contributed by atoms with Crippen LogP contribution in [0.2, 0.25) is 5.02 Å². The minimum Gasteiger partial charge on any atom is -0.465 e. The molecule has 30 heavy (non-hydrogen) atoms. The van der Waals surface area contributed by atoms with Crippen LogP contribution >= 0.6 is 11.6 Å². The van der Waals surface area contributed by atoms with E-state index in [4.69, 9.17) is 20.4 Å². The molecule has 0 bridgehead atoms. The molecule has 158 valence electrons. The van der Waals surface area contributed by atoms with E-state index in [1.165, 1.54) is 12.5 Å². The summed E-state index contributed by atoms with van der Waals surface area (Å²) >= 11 is 6.11. The van der Waals surface area contributed by atoms with Crippen molar-refractivity contribution in [1.82, 2.24) is 10.2 Å². The van der Waals surface area contributed by atoms with Crippen molar-refractivity contribution in [3.05, 3.63) is 68.4 Å². The fourth-order valence-corrected chi connectivity index (χ4v) is 4.10. The fourth-order valence-electron chi connectivity index (χ4n) is 3.94. The molecule has 1 aromatic carbocycles. The summed E-state index contributed by atoms with van der Waals surface area (Å²) < 4.78 is 11.6. The number of rotatable bonds is 5. The predicted octanol–water partition coefficient (Wildman–Crippen LogP) is 4.61. The number of nitrogens with zero attached hydrogens (tertiary/aromatic N) is 1. The number of benzene rings is 1. The summed E-state index contributed by atoms with van der Waals surface area (Å²) in [5.74, 6) is 1.24. The summed E-state index contributed by atoms with van der Waals surface area (Å²) in [4.78, 5) is 27.6. The molecule has 0 aliphatic carbocycles. The Bertz CT molecular complexity index is 1130. The van der Waals surface area contributed by atoms with Gasteiger partial charge in [0, 0.05) is 17.6 Å². The first-order valence-corrected chi connectivity index (χ1v) is 10.6. The van der Waals surface area contributed by atoms with Crippen molar-refractivity contribution in [3.63, 3.8) is 0 Å². The smallest absolute Gasteiger partial charge is 0.287 e. The number of hydrogen-bond acceptors (Lipinski definition) is 5. The maximum Gasteiger partial charge on any atom is 0.287 e. The van der Waals surface area contributed by atoms with Crippen LogP contribution in [0.4, 0.5) is 0 Å². The zero-order valence-electron chi connectivity index (χ0n) is 17.2. The summed E-state index contributed by atoms with van der Waals surface area (Å²) in [5, 5.41) is 3.77. The van der Waals surface area contributed by atoms with Crippen LogP contribution in [0.5, 0.6) is 0 Å². The van der Waals surface area contributed by atoms with Gasteiger partial charge >= 0.3 is 0 Å². The van der Waals surface area contributed by atoms with Gasteiger partial charge in [-0.3, -0.25) is 14.5 Å². The molecule has 0 spiro atoms. The summed E-state index contributed by atoms with van der Waals surface area (Å²) in [5.41, 5.74) is 0.838. The molecule has 1 saturated heterocycles. The molecule has 0 radical (unpaired) electrons. The molecule has 1 aliphatic heterocycles. The van der Waals surface area contributed by atoms with Gasteiger partial charge in [0.2, 0.25) is 0 Å². The highest BCUT2D eigenvalue weighted by Gasteiger charge is 2.26. The molecular weight excluding hydrogens is 404 g/mol. The molecule has 1 amide bonds. The molecular formula is C23H25ClN2O4. The first-order valence-electron chi connectivity index (χ1n) is 10.2. The highest BCUT2D eigenvalue weighted by atomic mass is 35.5. The second-order valence-electron chi connectivity index (χ2n) is 7.84. The Morgan fingerprint density at radius 1 is 1.13 bits per heavy atom. The van der Waals surface area contributed by atoms with Crippen LogP contribution in [-0.2, 0) is 0 Å². The maximum absolute atomic E-state index is 12.8. The van der Waals surface area contributed by atoms with Crippen LogP contribution in [0, 0.1) is 13.8 Å². The average molecular weight is 429 g/mol. The summed E-state index contributed by atoms with van der Waals surface area (Å²) in [7, 11) is 0. The number of halogens is 1. The van der Waals surface area contributed by atoms with Gasteiger partial charge in [-0.25, -0.2) is 0 Å². The van der Waals surface area contributed by atoms with Crippen LogP contribution < -0.4 is 10.7 Å². The van der Waals surface area contributed by atoms with Crippen LogP contribution in [-0.4, -0.2) is 30.4 Å². The van der Waals surface area contributed by atoms with Crippen LogP contribution in [0.1, 0.15) is 52.9 Å². The number of aryl methyl sites for hydroxylation is 2. The molecule has 3 heterocycles. The van der Waals surface area contributed by atoms with Crippen LogP contribution in [0.15, 0.2) is 44.0 Å². The second-order valence-corrected chi connectivity index (χ2v) is 8.25. The van der Waals surface area contributed by atoms with Crippen molar-refractivity contribution in [2.75, 3.05) is 19.6 Å². The molecule has 3 aromatic rings. The van der Waals surface area contributed by atoms with E-state index >= 15 is 0 Å². The molecule has 1 aliphatic rings. The predicted molar refractivity (Wildman–Crippen MR) is 116 cm³/mol. The molecule has 1 N–H and O–H groups in total. The first-order chi connectivity index (χ1) is 14.4.